The number of rotatable bonds is 8. The van der Waals surface area contributed by atoms with E-state index in [4.69, 9.17) is 42.8 Å². The predicted octanol–water partition coefficient (Wildman–Crippen LogP) is 11.5. The summed E-state index contributed by atoms with van der Waals surface area (Å²) in [5.74, 6) is 64.6. The van der Waals surface area contributed by atoms with Crippen LogP contribution in [0, 0.1) is 155 Å². The average molecular weight is 1140 g/mol. The van der Waals surface area contributed by atoms with Gasteiger partial charge >= 0.3 is 0 Å². The molecule has 3 aromatic carbocycles. The molecule has 0 spiro atoms. The van der Waals surface area contributed by atoms with Gasteiger partial charge in [0.2, 0.25) is 0 Å². The molecule has 3 N–H and O–H groups in total. The first-order valence-corrected chi connectivity index (χ1v) is 30.1. The summed E-state index contributed by atoms with van der Waals surface area (Å²) in [5.41, 5.74) is 4.79. The number of aromatic hydroxyl groups is 3. The molecule has 6 atom stereocenters. The number of hydrogen-bond acceptors (Lipinski definition) is 9. The Bertz CT molecular complexity index is 3780. The SMILES string of the molecule is C#CC#CC#CC#CC#CC#Cc1cc2c(O)c(c1)/C=N/C1CCCCC1/N=C/c1cc(C#CCCCCCCCCCC)cc(c1O)/C=N/C1CCCCC1/N=C/c1cc(C#CC#CC#CC#CC#CC#C)cc(c1O)/C=N/C1CCCCC1/N=C/2. The number of hydrogen-bond donors (Lipinski definition) is 3. The molecule has 3 aromatic rings. The van der Waals surface area contributed by atoms with Crippen molar-refractivity contribution in [3.8, 4) is 172 Å². The van der Waals surface area contributed by atoms with E-state index < -0.39 is 0 Å². The van der Waals surface area contributed by atoms with Crippen LogP contribution >= 0.6 is 0 Å². The second-order valence-corrected chi connectivity index (χ2v) is 21.3. The molecule has 3 aliphatic carbocycles. The van der Waals surface area contributed by atoms with Gasteiger partial charge in [-0.15, -0.1) is 12.8 Å². The van der Waals surface area contributed by atoms with E-state index in [2.05, 4.69) is 149 Å². The lowest BCUT2D eigenvalue weighted by molar-refractivity contribution is 0.389. The number of benzene rings is 3. The molecule has 6 bridgehead atoms. The molecule has 7 rings (SSSR count). The number of terminal acetylenes is 2. The maximum atomic E-state index is 12.0. The van der Waals surface area contributed by atoms with Crippen LogP contribution in [0.3, 0.4) is 0 Å². The molecule has 87 heavy (non-hydrogen) atoms. The van der Waals surface area contributed by atoms with Crippen LogP contribution < -0.4 is 0 Å². The summed E-state index contributed by atoms with van der Waals surface area (Å²) >= 11 is 0. The standard InChI is InChI=1S/C78H68N6O3/c1-4-7-10-13-16-19-22-25-28-31-40-61-49-64-55-79-70-43-34-36-45-72(70)81-57-66-51-62(41-32-29-26-23-20-17-14-11-8-5-2)53-68(77(66)86)59-83-74-47-38-39-48-75(74)84-60-69-54-63(42-33-30-27-24-21-18-15-12-9-6-3)52-67(78(69)87)58-82-73-46-37-35-44-71(73)80-56-65(50-61)76(64)85/h1-2,49-60,70-75,85-87H,6,9,12,15,18,21,24,27,30,34-39,43-48H2,3H3/b79-55+,80-56+,81-57+,82-58+,83-59+,84-60+. The Morgan fingerprint density at radius 1 is 0.333 bits per heavy atom. The largest absolute Gasteiger partial charge is 0.507 e. The third-order valence-corrected chi connectivity index (χ3v) is 15.0. The fourth-order valence-electron chi connectivity index (χ4n) is 10.5. The van der Waals surface area contributed by atoms with Crippen molar-refractivity contribution < 1.29 is 15.3 Å². The van der Waals surface area contributed by atoms with Crippen LogP contribution in [0.4, 0.5) is 0 Å². The first-order chi connectivity index (χ1) is 42.8. The molecule has 4 aliphatic rings. The van der Waals surface area contributed by atoms with Gasteiger partial charge in [0.05, 0.1) is 36.3 Å². The van der Waals surface area contributed by atoms with Gasteiger partial charge in [0, 0.05) is 93.8 Å². The molecule has 428 valence electrons. The maximum absolute atomic E-state index is 12.0. The highest BCUT2D eigenvalue weighted by molar-refractivity contribution is 5.95. The Kier molecular flexibility index (Phi) is 27.1. The van der Waals surface area contributed by atoms with Crippen molar-refractivity contribution in [1.29, 1.82) is 0 Å². The smallest absolute Gasteiger partial charge is 0.133 e. The van der Waals surface area contributed by atoms with Gasteiger partial charge in [-0.05, 0) is 200 Å². The summed E-state index contributed by atoms with van der Waals surface area (Å²) in [4.78, 5) is 30.6. The van der Waals surface area contributed by atoms with E-state index in [1.807, 2.05) is 12.1 Å². The van der Waals surface area contributed by atoms with Gasteiger partial charge in [0.1, 0.15) is 17.2 Å². The lowest BCUT2D eigenvalue weighted by atomic mass is 9.91. The first kappa shape index (κ1) is 63.9. The third-order valence-electron chi connectivity index (χ3n) is 15.0. The van der Waals surface area contributed by atoms with Gasteiger partial charge in [-0.25, -0.2) is 0 Å². The summed E-state index contributed by atoms with van der Waals surface area (Å²) in [6, 6.07) is 9.61. The van der Waals surface area contributed by atoms with Crippen LogP contribution in [0.2, 0.25) is 0 Å². The molecule has 0 radical (unpaired) electrons. The predicted molar refractivity (Wildman–Crippen MR) is 356 cm³/mol. The topological polar surface area (TPSA) is 135 Å². The van der Waals surface area contributed by atoms with Crippen molar-refractivity contribution in [1.82, 2.24) is 0 Å². The molecular formula is C78H68N6O3. The normalized spacial score (nSPS) is 20.7. The molecule has 0 aromatic heterocycles. The van der Waals surface area contributed by atoms with Crippen molar-refractivity contribution in [2.24, 2.45) is 30.0 Å². The minimum Gasteiger partial charge on any atom is -0.507 e. The van der Waals surface area contributed by atoms with E-state index in [-0.39, 0.29) is 53.5 Å². The van der Waals surface area contributed by atoms with Crippen LogP contribution in [0.15, 0.2) is 66.4 Å². The quantitative estimate of drug-likeness (QED) is 0.153. The number of nitrogens with zero attached hydrogens (tertiary/aromatic N) is 6. The Hall–Kier alpha value is -10.6. The van der Waals surface area contributed by atoms with Gasteiger partial charge in [-0.2, -0.15) is 0 Å². The molecule has 3 fully saturated rings. The second-order valence-electron chi connectivity index (χ2n) is 21.3. The molecule has 0 amide bonds. The van der Waals surface area contributed by atoms with E-state index in [1.54, 1.807) is 61.6 Å². The average Bonchev–Trinajstić information content (AvgIpc) is 3.59. The Morgan fingerprint density at radius 2 is 0.575 bits per heavy atom. The van der Waals surface area contributed by atoms with Crippen molar-refractivity contribution in [3.05, 3.63) is 86.5 Å². The molecule has 9 heteroatoms. The Balaban J connectivity index is 1.31. The van der Waals surface area contributed by atoms with Crippen LogP contribution in [-0.4, -0.2) is 88.9 Å². The van der Waals surface area contributed by atoms with Gasteiger partial charge in [-0.1, -0.05) is 114 Å². The minimum absolute atomic E-state index is 0.00623. The molecular weight excluding hydrogens is 1070 g/mol. The van der Waals surface area contributed by atoms with E-state index in [0.29, 0.717) is 44.5 Å². The second kappa shape index (κ2) is 36.8. The lowest BCUT2D eigenvalue weighted by Crippen LogP contribution is -2.27. The summed E-state index contributed by atoms with van der Waals surface area (Å²) in [5, 5.41) is 36.0. The first-order valence-electron chi connectivity index (χ1n) is 30.1. The van der Waals surface area contributed by atoms with Crippen molar-refractivity contribution in [2.75, 3.05) is 0 Å². The Labute approximate surface area is 516 Å². The summed E-state index contributed by atoms with van der Waals surface area (Å²) in [6.45, 7) is 2.24. The maximum Gasteiger partial charge on any atom is 0.133 e. The van der Waals surface area contributed by atoms with Crippen LogP contribution in [0.5, 0.6) is 17.2 Å². The van der Waals surface area contributed by atoms with Crippen LogP contribution in [-0.2, 0) is 0 Å². The fraction of sp³-hybridized carbons (Fsp3) is 0.359. The molecule has 9 nitrogen and oxygen atoms in total. The van der Waals surface area contributed by atoms with E-state index >= 15 is 0 Å². The zero-order valence-corrected chi connectivity index (χ0v) is 49.4. The number of unbranched alkanes of at least 4 members (excludes halogenated alkanes) is 8. The summed E-state index contributed by atoms with van der Waals surface area (Å²) in [6.07, 6.45) is 41.6. The van der Waals surface area contributed by atoms with Crippen molar-refractivity contribution in [2.45, 2.75) is 178 Å². The highest BCUT2D eigenvalue weighted by Crippen LogP contribution is 2.32. The molecule has 0 saturated heterocycles. The third kappa shape index (κ3) is 21.8. The fourth-order valence-corrected chi connectivity index (χ4v) is 10.5. The highest BCUT2D eigenvalue weighted by atomic mass is 16.3. The van der Waals surface area contributed by atoms with E-state index in [9.17, 15) is 15.3 Å². The zero-order chi connectivity index (χ0) is 60.9. The van der Waals surface area contributed by atoms with E-state index in [1.165, 1.54) is 38.5 Å². The van der Waals surface area contributed by atoms with Crippen molar-refractivity contribution in [3.63, 3.8) is 0 Å². The van der Waals surface area contributed by atoms with Gasteiger partial charge in [0.25, 0.3) is 0 Å². The molecule has 6 unspecified atom stereocenters. The molecule has 1 heterocycles. The summed E-state index contributed by atoms with van der Waals surface area (Å²) in [7, 11) is 0. The van der Waals surface area contributed by atoms with Crippen molar-refractivity contribution >= 4 is 37.3 Å². The molecule has 3 saturated carbocycles. The number of phenolic OH excluding ortho intramolecular Hbond substituents is 3. The number of aliphatic imine (C=N–C) groups is 6. The number of phenols is 3. The minimum atomic E-state index is -0.238. The Morgan fingerprint density at radius 3 is 0.851 bits per heavy atom. The van der Waals surface area contributed by atoms with Crippen LogP contribution in [0.25, 0.3) is 0 Å². The summed E-state index contributed by atoms with van der Waals surface area (Å²) < 4.78 is 0. The van der Waals surface area contributed by atoms with Gasteiger partial charge < -0.3 is 15.3 Å². The highest BCUT2D eigenvalue weighted by Gasteiger charge is 2.27. The van der Waals surface area contributed by atoms with Gasteiger partial charge in [0.15, 0.2) is 0 Å². The van der Waals surface area contributed by atoms with E-state index in [0.717, 1.165) is 102 Å². The monoisotopic (exact) mass is 1140 g/mol. The van der Waals surface area contributed by atoms with Gasteiger partial charge in [-0.3, -0.25) is 30.0 Å². The number of fused-ring (bicyclic) bond motifs is 9. The molecule has 1 aliphatic heterocycles. The van der Waals surface area contributed by atoms with Crippen LogP contribution in [0.1, 0.15) is 192 Å². The zero-order valence-electron chi connectivity index (χ0n) is 49.4. The lowest BCUT2D eigenvalue weighted by Gasteiger charge is -2.26.